The molecule has 0 spiro atoms. The van der Waals surface area contributed by atoms with Crippen LogP contribution in [0.5, 0.6) is 0 Å². The maximum absolute atomic E-state index is 5.24. The molecule has 88 valence electrons. The second-order valence-electron chi connectivity index (χ2n) is 4.66. The molecule has 1 aromatic rings. The Morgan fingerprint density at radius 3 is 2.88 bits per heavy atom. The van der Waals surface area contributed by atoms with Gasteiger partial charge in [0, 0.05) is 32.1 Å². The average molecular weight is 222 g/mol. The van der Waals surface area contributed by atoms with E-state index in [0.29, 0.717) is 0 Å². The molecule has 0 bridgehead atoms. The van der Waals surface area contributed by atoms with Gasteiger partial charge in [0.25, 0.3) is 5.95 Å². The van der Waals surface area contributed by atoms with Crippen molar-refractivity contribution in [3.05, 3.63) is 5.89 Å². The molecule has 0 radical (unpaired) electrons. The average Bonchev–Trinajstić information content (AvgIpc) is 2.83. The van der Waals surface area contributed by atoms with Gasteiger partial charge in [-0.05, 0) is 30.8 Å². The van der Waals surface area contributed by atoms with Gasteiger partial charge in [-0.3, -0.25) is 0 Å². The molecule has 1 saturated heterocycles. The van der Waals surface area contributed by atoms with Crippen LogP contribution in [0.15, 0.2) is 4.52 Å². The summed E-state index contributed by atoms with van der Waals surface area (Å²) in [4.78, 5) is 6.61. The fourth-order valence-corrected chi connectivity index (χ4v) is 2.06. The Morgan fingerprint density at radius 1 is 1.31 bits per heavy atom. The summed E-state index contributed by atoms with van der Waals surface area (Å²) in [6, 6.07) is 0.751. The normalized spacial score (nSPS) is 20.6. The first-order valence-corrected chi connectivity index (χ1v) is 6.23. The molecule has 1 N–H and O–H groups in total. The van der Waals surface area contributed by atoms with Crippen LogP contribution in [0.2, 0.25) is 0 Å². The summed E-state index contributed by atoms with van der Waals surface area (Å²) in [6.07, 6.45) is 5.98. The van der Waals surface area contributed by atoms with Crippen LogP contribution in [0.25, 0.3) is 0 Å². The van der Waals surface area contributed by atoms with E-state index >= 15 is 0 Å². The van der Waals surface area contributed by atoms with Gasteiger partial charge in [-0.1, -0.05) is 0 Å². The third-order valence-electron chi connectivity index (χ3n) is 3.20. The van der Waals surface area contributed by atoms with E-state index in [1.54, 1.807) is 0 Å². The van der Waals surface area contributed by atoms with E-state index < -0.39 is 0 Å². The summed E-state index contributed by atoms with van der Waals surface area (Å²) in [5, 5.41) is 7.47. The summed E-state index contributed by atoms with van der Waals surface area (Å²) < 4.78 is 5.24. The first kappa shape index (κ1) is 10.1. The molecular weight excluding hydrogens is 204 g/mol. The summed E-state index contributed by atoms with van der Waals surface area (Å²) >= 11 is 0. The van der Waals surface area contributed by atoms with Crippen molar-refractivity contribution in [3.8, 4) is 0 Å². The van der Waals surface area contributed by atoms with Gasteiger partial charge in [0.1, 0.15) is 0 Å². The van der Waals surface area contributed by atoms with Crippen molar-refractivity contribution in [2.24, 2.45) is 0 Å². The lowest BCUT2D eigenvalue weighted by Gasteiger charge is -2.09. The van der Waals surface area contributed by atoms with Gasteiger partial charge in [-0.15, -0.1) is 0 Å². The maximum Gasteiger partial charge on any atom is 0.266 e. The Hall–Kier alpha value is -1.10. The molecule has 0 amide bonds. The second-order valence-corrected chi connectivity index (χ2v) is 4.66. The van der Waals surface area contributed by atoms with Crippen molar-refractivity contribution in [1.29, 1.82) is 0 Å². The van der Waals surface area contributed by atoms with Crippen LogP contribution < -0.4 is 10.2 Å². The van der Waals surface area contributed by atoms with Gasteiger partial charge in [0.15, 0.2) is 0 Å². The molecule has 2 aliphatic rings. The van der Waals surface area contributed by atoms with E-state index in [4.69, 9.17) is 4.52 Å². The number of hydrogen-bond acceptors (Lipinski definition) is 5. The number of hydrogen-bond donors (Lipinski definition) is 1. The number of rotatable bonds is 5. The first-order valence-electron chi connectivity index (χ1n) is 6.23. The largest absolute Gasteiger partial charge is 0.338 e. The van der Waals surface area contributed by atoms with Crippen molar-refractivity contribution in [2.45, 2.75) is 38.1 Å². The topological polar surface area (TPSA) is 54.2 Å². The molecule has 0 aromatic carbocycles. The highest BCUT2D eigenvalue weighted by Gasteiger charge is 2.21. The van der Waals surface area contributed by atoms with Crippen LogP contribution in [-0.2, 0) is 6.42 Å². The van der Waals surface area contributed by atoms with Crippen molar-refractivity contribution < 1.29 is 4.52 Å². The van der Waals surface area contributed by atoms with Gasteiger partial charge in [0.05, 0.1) is 0 Å². The fourth-order valence-electron chi connectivity index (χ4n) is 2.06. The van der Waals surface area contributed by atoms with Crippen LogP contribution in [0.4, 0.5) is 5.95 Å². The van der Waals surface area contributed by atoms with Crippen LogP contribution in [0.3, 0.4) is 0 Å². The molecule has 3 rings (SSSR count). The zero-order valence-electron chi connectivity index (χ0n) is 9.48. The Bertz CT molecular complexity index is 342. The highest BCUT2D eigenvalue weighted by molar-refractivity contribution is 5.28. The Labute approximate surface area is 95.2 Å². The smallest absolute Gasteiger partial charge is 0.266 e. The maximum atomic E-state index is 5.24. The SMILES string of the molecule is C1CCN(c2noc(CCNC3CC3)n2)C1. The van der Waals surface area contributed by atoms with Gasteiger partial charge < -0.3 is 14.7 Å². The van der Waals surface area contributed by atoms with Gasteiger partial charge in [-0.2, -0.15) is 4.98 Å². The fraction of sp³-hybridized carbons (Fsp3) is 0.818. The number of nitrogens with one attached hydrogen (secondary N) is 1. The molecule has 5 nitrogen and oxygen atoms in total. The Kier molecular flexibility index (Phi) is 2.78. The molecule has 1 aliphatic heterocycles. The van der Waals surface area contributed by atoms with E-state index in [1.807, 2.05) is 0 Å². The first-order chi connectivity index (χ1) is 7.92. The molecular formula is C11H18N4O. The lowest BCUT2D eigenvalue weighted by Crippen LogP contribution is -2.20. The van der Waals surface area contributed by atoms with E-state index in [1.165, 1.54) is 25.7 Å². The highest BCUT2D eigenvalue weighted by atomic mass is 16.5. The summed E-state index contributed by atoms with van der Waals surface area (Å²) in [7, 11) is 0. The molecule has 2 fully saturated rings. The molecule has 1 aromatic heterocycles. The minimum atomic E-state index is 0.751. The van der Waals surface area contributed by atoms with Crippen LogP contribution in [0, 0.1) is 0 Å². The second kappa shape index (κ2) is 4.41. The molecule has 5 heteroatoms. The standard InChI is InChI=1S/C11H18N4O/c1-2-8-15(7-1)11-13-10(16-14-11)5-6-12-9-3-4-9/h9,12H,1-8H2. The van der Waals surface area contributed by atoms with Gasteiger partial charge in [-0.25, -0.2) is 0 Å². The van der Waals surface area contributed by atoms with Crippen molar-refractivity contribution in [2.75, 3.05) is 24.5 Å². The molecule has 1 saturated carbocycles. The minimum absolute atomic E-state index is 0.751. The quantitative estimate of drug-likeness (QED) is 0.804. The monoisotopic (exact) mass is 222 g/mol. The Morgan fingerprint density at radius 2 is 2.12 bits per heavy atom. The number of nitrogens with zero attached hydrogens (tertiary/aromatic N) is 3. The van der Waals surface area contributed by atoms with E-state index in [2.05, 4.69) is 20.4 Å². The zero-order valence-corrected chi connectivity index (χ0v) is 9.48. The van der Waals surface area contributed by atoms with Crippen LogP contribution >= 0.6 is 0 Å². The lowest BCUT2D eigenvalue weighted by molar-refractivity contribution is 0.375. The van der Waals surface area contributed by atoms with E-state index in [0.717, 1.165) is 43.9 Å². The predicted molar refractivity (Wildman–Crippen MR) is 60.5 cm³/mol. The van der Waals surface area contributed by atoms with E-state index in [9.17, 15) is 0 Å². The van der Waals surface area contributed by atoms with Crippen molar-refractivity contribution >= 4 is 5.95 Å². The molecule has 0 atom stereocenters. The van der Waals surface area contributed by atoms with Crippen molar-refractivity contribution in [3.63, 3.8) is 0 Å². The van der Waals surface area contributed by atoms with Crippen LogP contribution in [0.1, 0.15) is 31.6 Å². The summed E-state index contributed by atoms with van der Waals surface area (Å²) in [5.74, 6) is 1.54. The van der Waals surface area contributed by atoms with Gasteiger partial charge >= 0.3 is 0 Å². The minimum Gasteiger partial charge on any atom is -0.338 e. The number of aromatic nitrogens is 2. The molecule has 2 heterocycles. The predicted octanol–water partition coefficient (Wildman–Crippen LogP) is 0.964. The van der Waals surface area contributed by atoms with Crippen LogP contribution in [-0.4, -0.2) is 35.8 Å². The zero-order chi connectivity index (χ0) is 10.8. The summed E-state index contributed by atoms with van der Waals surface area (Å²) in [6.45, 7) is 3.09. The van der Waals surface area contributed by atoms with E-state index in [-0.39, 0.29) is 0 Å². The Balaban J connectivity index is 1.50. The number of anilines is 1. The lowest BCUT2D eigenvalue weighted by atomic mass is 10.4. The highest BCUT2D eigenvalue weighted by Crippen LogP contribution is 2.19. The summed E-state index contributed by atoms with van der Waals surface area (Å²) in [5.41, 5.74) is 0. The molecule has 16 heavy (non-hydrogen) atoms. The van der Waals surface area contributed by atoms with Crippen molar-refractivity contribution in [1.82, 2.24) is 15.5 Å². The third-order valence-corrected chi connectivity index (χ3v) is 3.20. The molecule has 0 unspecified atom stereocenters. The van der Waals surface area contributed by atoms with Gasteiger partial charge in [0.2, 0.25) is 5.89 Å². The molecule has 1 aliphatic carbocycles. The third kappa shape index (κ3) is 2.35.